The molecule has 0 aromatic heterocycles. The van der Waals surface area contributed by atoms with Gasteiger partial charge in [0.1, 0.15) is 6.61 Å². The standard InChI is InChI=1S/C20H22O4/c1-2-12-22-13-14-23-15-16-24-20(21)19-10-8-18(9-11-19)17-6-4-3-5-7-17/h2-11H,1,12-16H2. The van der Waals surface area contributed by atoms with Gasteiger partial charge in [0.2, 0.25) is 0 Å². The van der Waals surface area contributed by atoms with Gasteiger partial charge in [-0.25, -0.2) is 4.79 Å². The average Bonchev–Trinajstić information content (AvgIpc) is 2.64. The highest BCUT2D eigenvalue weighted by atomic mass is 16.6. The van der Waals surface area contributed by atoms with Crippen LogP contribution in [0.1, 0.15) is 10.4 Å². The second-order valence-electron chi connectivity index (χ2n) is 5.06. The van der Waals surface area contributed by atoms with Crippen molar-refractivity contribution in [2.45, 2.75) is 0 Å². The van der Waals surface area contributed by atoms with E-state index in [9.17, 15) is 4.79 Å². The molecule has 0 saturated heterocycles. The zero-order valence-electron chi connectivity index (χ0n) is 13.6. The molecule has 0 aliphatic rings. The highest BCUT2D eigenvalue weighted by molar-refractivity contribution is 5.90. The molecule has 0 fully saturated rings. The SMILES string of the molecule is C=CCOCCOCCOC(=O)c1ccc(-c2ccccc2)cc1. The molecule has 0 aliphatic carbocycles. The molecule has 0 N–H and O–H groups in total. The largest absolute Gasteiger partial charge is 0.460 e. The maximum atomic E-state index is 12.0. The van der Waals surface area contributed by atoms with E-state index in [0.29, 0.717) is 32.0 Å². The van der Waals surface area contributed by atoms with Crippen molar-refractivity contribution in [3.63, 3.8) is 0 Å². The first-order chi connectivity index (χ1) is 11.8. The summed E-state index contributed by atoms with van der Waals surface area (Å²) in [5, 5.41) is 0. The van der Waals surface area contributed by atoms with Crippen molar-refractivity contribution in [2.24, 2.45) is 0 Å². The zero-order chi connectivity index (χ0) is 17.0. The van der Waals surface area contributed by atoms with Crippen LogP contribution in [-0.4, -0.2) is 39.0 Å². The number of rotatable bonds is 10. The Balaban J connectivity index is 1.70. The molecule has 0 bridgehead atoms. The van der Waals surface area contributed by atoms with Crippen LogP contribution in [0.3, 0.4) is 0 Å². The summed E-state index contributed by atoms with van der Waals surface area (Å²) in [6, 6.07) is 17.4. The maximum Gasteiger partial charge on any atom is 0.338 e. The van der Waals surface area contributed by atoms with Crippen molar-refractivity contribution in [1.82, 2.24) is 0 Å². The van der Waals surface area contributed by atoms with E-state index in [1.807, 2.05) is 42.5 Å². The van der Waals surface area contributed by atoms with Crippen LogP contribution >= 0.6 is 0 Å². The van der Waals surface area contributed by atoms with Gasteiger partial charge in [0, 0.05) is 0 Å². The smallest absolute Gasteiger partial charge is 0.338 e. The molecule has 0 spiro atoms. The Morgan fingerprint density at radius 2 is 1.46 bits per heavy atom. The monoisotopic (exact) mass is 326 g/mol. The van der Waals surface area contributed by atoms with Gasteiger partial charge in [-0.15, -0.1) is 6.58 Å². The highest BCUT2D eigenvalue weighted by Gasteiger charge is 2.07. The molecule has 4 nitrogen and oxygen atoms in total. The zero-order valence-corrected chi connectivity index (χ0v) is 13.6. The summed E-state index contributed by atoms with van der Waals surface area (Å²) in [4.78, 5) is 12.0. The highest BCUT2D eigenvalue weighted by Crippen LogP contribution is 2.19. The van der Waals surface area contributed by atoms with Crippen molar-refractivity contribution in [2.75, 3.05) is 33.0 Å². The van der Waals surface area contributed by atoms with Gasteiger partial charge in [-0.2, -0.15) is 0 Å². The summed E-state index contributed by atoms with van der Waals surface area (Å²) in [5.41, 5.74) is 2.71. The van der Waals surface area contributed by atoms with Crippen LogP contribution in [-0.2, 0) is 14.2 Å². The number of hydrogen-bond acceptors (Lipinski definition) is 4. The van der Waals surface area contributed by atoms with Crippen LogP contribution < -0.4 is 0 Å². The lowest BCUT2D eigenvalue weighted by Crippen LogP contribution is -2.13. The van der Waals surface area contributed by atoms with E-state index in [0.717, 1.165) is 11.1 Å². The fraction of sp³-hybridized carbons (Fsp3) is 0.250. The van der Waals surface area contributed by atoms with Crippen LogP contribution in [0.2, 0.25) is 0 Å². The number of esters is 1. The van der Waals surface area contributed by atoms with Crippen molar-refractivity contribution in [1.29, 1.82) is 0 Å². The van der Waals surface area contributed by atoms with Crippen LogP contribution in [0.25, 0.3) is 11.1 Å². The normalized spacial score (nSPS) is 10.3. The molecule has 2 aromatic carbocycles. The van der Waals surface area contributed by atoms with E-state index >= 15 is 0 Å². The minimum atomic E-state index is -0.346. The average molecular weight is 326 g/mol. The molecule has 2 rings (SSSR count). The van der Waals surface area contributed by atoms with Gasteiger partial charge in [0.15, 0.2) is 0 Å². The Labute approximate surface area is 142 Å². The molecule has 2 aromatic rings. The van der Waals surface area contributed by atoms with Crippen molar-refractivity contribution in [3.8, 4) is 11.1 Å². The van der Waals surface area contributed by atoms with Crippen molar-refractivity contribution < 1.29 is 19.0 Å². The molecule has 0 unspecified atom stereocenters. The Hall–Kier alpha value is -2.43. The first-order valence-electron chi connectivity index (χ1n) is 7.90. The van der Waals surface area contributed by atoms with Crippen LogP contribution in [0, 0.1) is 0 Å². The second-order valence-corrected chi connectivity index (χ2v) is 5.06. The van der Waals surface area contributed by atoms with Gasteiger partial charge in [-0.05, 0) is 23.3 Å². The summed E-state index contributed by atoms with van der Waals surface area (Å²) < 4.78 is 15.7. The topological polar surface area (TPSA) is 44.8 Å². The number of carbonyl (C=O) groups is 1. The first kappa shape index (κ1) is 17.9. The number of benzene rings is 2. The fourth-order valence-electron chi connectivity index (χ4n) is 2.09. The molecule has 0 aliphatic heterocycles. The summed E-state index contributed by atoms with van der Waals surface area (Å²) in [6.07, 6.45) is 1.69. The van der Waals surface area contributed by atoms with Gasteiger partial charge < -0.3 is 14.2 Å². The molecular weight excluding hydrogens is 304 g/mol. The van der Waals surface area contributed by atoms with Crippen molar-refractivity contribution in [3.05, 3.63) is 72.8 Å². The minimum Gasteiger partial charge on any atom is -0.460 e. The molecule has 0 amide bonds. The lowest BCUT2D eigenvalue weighted by Gasteiger charge is -2.07. The van der Waals surface area contributed by atoms with Gasteiger partial charge in [-0.3, -0.25) is 0 Å². The summed E-state index contributed by atoms with van der Waals surface area (Å²) in [5.74, 6) is -0.346. The molecule has 4 heteroatoms. The molecule has 0 radical (unpaired) electrons. The maximum absolute atomic E-state index is 12.0. The van der Waals surface area contributed by atoms with Gasteiger partial charge in [0.25, 0.3) is 0 Å². The van der Waals surface area contributed by atoms with Crippen LogP contribution in [0.15, 0.2) is 67.3 Å². The molecule has 24 heavy (non-hydrogen) atoms. The van der Waals surface area contributed by atoms with E-state index in [1.54, 1.807) is 18.2 Å². The van der Waals surface area contributed by atoms with Crippen LogP contribution in [0.5, 0.6) is 0 Å². The predicted molar refractivity (Wildman–Crippen MR) is 94.0 cm³/mol. The molecule has 0 atom stereocenters. The lowest BCUT2D eigenvalue weighted by molar-refractivity contribution is 0.0181. The summed E-state index contributed by atoms with van der Waals surface area (Å²) in [6.45, 7) is 5.61. The van der Waals surface area contributed by atoms with E-state index in [4.69, 9.17) is 14.2 Å². The Kier molecular flexibility index (Phi) is 7.74. The third kappa shape index (κ3) is 5.99. The summed E-state index contributed by atoms with van der Waals surface area (Å²) >= 11 is 0. The third-order valence-corrected chi connectivity index (χ3v) is 3.30. The quantitative estimate of drug-likeness (QED) is 0.379. The third-order valence-electron chi connectivity index (χ3n) is 3.30. The van der Waals surface area contributed by atoms with E-state index in [-0.39, 0.29) is 12.6 Å². The van der Waals surface area contributed by atoms with Crippen LogP contribution in [0.4, 0.5) is 0 Å². The lowest BCUT2D eigenvalue weighted by atomic mass is 10.0. The Bertz CT molecular complexity index is 620. The fourth-order valence-corrected chi connectivity index (χ4v) is 2.09. The van der Waals surface area contributed by atoms with E-state index in [1.165, 1.54) is 0 Å². The molecule has 0 heterocycles. The van der Waals surface area contributed by atoms with Gasteiger partial charge in [-0.1, -0.05) is 48.5 Å². The molecule has 0 saturated carbocycles. The Morgan fingerprint density at radius 3 is 2.17 bits per heavy atom. The number of carbonyl (C=O) groups excluding carboxylic acids is 1. The molecule has 126 valence electrons. The number of hydrogen-bond donors (Lipinski definition) is 0. The minimum absolute atomic E-state index is 0.223. The Morgan fingerprint density at radius 1 is 0.833 bits per heavy atom. The van der Waals surface area contributed by atoms with Gasteiger partial charge >= 0.3 is 5.97 Å². The predicted octanol–water partition coefficient (Wildman–Crippen LogP) is 3.73. The van der Waals surface area contributed by atoms with E-state index in [2.05, 4.69) is 6.58 Å². The van der Waals surface area contributed by atoms with Gasteiger partial charge in [0.05, 0.1) is 32.0 Å². The van der Waals surface area contributed by atoms with Crippen molar-refractivity contribution >= 4 is 5.97 Å². The van der Waals surface area contributed by atoms with E-state index < -0.39 is 0 Å². The second kappa shape index (κ2) is 10.4. The number of ether oxygens (including phenoxy) is 3. The summed E-state index contributed by atoms with van der Waals surface area (Å²) in [7, 11) is 0. The molecular formula is C20H22O4. The first-order valence-corrected chi connectivity index (χ1v) is 7.90.